The zero-order valence-electron chi connectivity index (χ0n) is 19.3. The highest BCUT2D eigenvalue weighted by Gasteiger charge is 2.21. The number of carbonyl (C=O) groups is 1. The highest BCUT2D eigenvalue weighted by Crippen LogP contribution is 2.28. The molecule has 1 amide bonds. The maximum Gasteiger partial charge on any atom is 0.251 e. The Kier molecular flexibility index (Phi) is 6.33. The van der Waals surface area contributed by atoms with Crippen molar-refractivity contribution in [3.8, 4) is 5.75 Å². The number of methoxy groups -OCH3 is 1. The van der Waals surface area contributed by atoms with E-state index in [2.05, 4.69) is 27.2 Å². The van der Waals surface area contributed by atoms with Crippen molar-refractivity contribution in [2.45, 2.75) is 38.1 Å². The number of rotatable bonds is 5. The number of carbonyl (C=O) groups excluding carboxylic acids is 1. The lowest BCUT2D eigenvalue weighted by Gasteiger charge is -2.37. The molecular formula is C27H32N4O2. The third kappa shape index (κ3) is 4.75. The van der Waals surface area contributed by atoms with E-state index in [1.165, 1.54) is 24.9 Å². The number of hydrogen-bond donors (Lipinski definition) is 1. The summed E-state index contributed by atoms with van der Waals surface area (Å²) < 4.78 is 5.28. The minimum Gasteiger partial charge on any atom is -0.497 e. The Balaban J connectivity index is 1.31. The summed E-state index contributed by atoms with van der Waals surface area (Å²) in [4.78, 5) is 22.4. The molecule has 2 aliphatic rings. The molecule has 2 aromatic carbocycles. The summed E-state index contributed by atoms with van der Waals surface area (Å²) >= 11 is 0. The van der Waals surface area contributed by atoms with Gasteiger partial charge in [0.15, 0.2) is 0 Å². The largest absolute Gasteiger partial charge is 0.497 e. The van der Waals surface area contributed by atoms with Gasteiger partial charge in [0.05, 0.1) is 7.11 Å². The molecule has 6 nitrogen and oxygen atoms in total. The highest BCUT2D eigenvalue weighted by atomic mass is 16.5. The number of piperazine rings is 1. The van der Waals surface area contributed by atoms with Crippen LogP contribution in [0.1, 0.15) is 42.5 Å². The smallest absolute Gasteiger partial charge is 0.251 e. The number of fused-ring (bicyclic) bond motifs is 1. The SMILES string of the molecule is COc1ccc(N2CCN(c3nccc4ccc(C(=O)NC5CCCCC5)cc34)CC2)cc1. The Bertz CT molecular complexity index is 1100. The summed E-state index contributed by atoms with van der Waals surface area (Å²) in [6.07, 6.45) is 7.74. The van der Waals surface area contributed by atoms with Gasteiger partial charge in [-0.25, -0.2) is 4.98 Å². The van der Waals surface area contributed by atoms with Crippen molar-refractivity contribution in [1.29, 1.82) is 0 Å². The van der Waals surface area contributed by atoms with Gasteiger partial charge >= 0.3 is 0 Å². The molecule has 0 spiro atoms. The van der Waals surface area contributed by atoms with E-state index in [1.807, 2.05) is 42.6 Å². The van der Waals surface area contributed by atoms with Crippen molar-refractivity contribution in [1.82, 2.24) is 10.3 Å². The number of nitrogens with one attached hydrogen (secondary N) is 1. The van der Waals surface area contributed by atoms with Crippen molar-refractivity contribution >= 4 is 28.2 Å². The van der Waals surface area contributed by atoms with E-state index in [9.17, 15) is 4.79 Å². The minimum atomic E-state index is 0.0305. The standard InChI is InChI=1S/C27H32N4O2/c1-33-24-11-9-23(10-12-24)30-15-17-31(18-16-30)26-25-19-21(8-7-20(25)13-14-28-26)27(32)29-22-5-3-2-4-6-22/h7-14,19,22H,2-6,15-18H2,1H3,(H,29,32). The summed E-state index contributed by atoms with van der Waals surface area (Å²) in [5.41, 5.74) is 1.93. The number of ether oxygens (including phenoxy) is 1. The van der Waals surface area contributed by atoms with Crippen LogP contribution < -0.4 is 19.9 Å². The second-order valence-corrected chi connectivity index (χ2v) is 9.05. The Morgan fingerprint density at radius 3 is 2.39 bits per heavy atom. The predicted molar refractivity (Wildman–Crippen MR) is 134 cm³/mol. The zero-order valence-corrected chi connectivity index (χ0v) is 19.3. The monoisotopic (exact) mass is 444 g/mol. The molecule has 0 atom stereocenters. The number of anilines is 2. The van der Waals surface area contributed by atoms with Crippen LogP contribution in [0.25, 0.3) is 10.8 Å². The van der Waals surface area contributed by atoms with Crippen LogP contribution in [0.15, 0.2) is 54.7 Å². The summed E-state index contributed by atoms with van der Waals surface area (Å²) in [5, 5.41) is 5.41. The average molecular weight is 445 g/mol. The first kappa shape index (κ1) is 21.6. The number of hydrogen-bond acceptors (Lipinski definition) is 5. The van der Waals surface area contributed by atoms with E-state index in [1.54, 1.807) is 7.11 Å². The second kappa shape index (κ2) is 9.69. The van der Waals surface area contributed by atoms with Crippen molar-refractivity contribution in [3.05, 3.63) is 60.3 Å². The Morgan fingerprint density at radius 2 is 1.67 bits per heavy atom. The van der Waals surface area contributed by atoms with E-state index in [0.717, 1.165) is 66.9 Å². The van der Waals surface area contributed by atoms with Gasteiger partial charge in [-0.15, -0.1) is 0 Å². The lowest BCUT2D eigenvalue weighted by atomic mass is 9.95. The number of nitrogens with zero attached hydrogens (tertiary/aromatic N) is 3. The molecule has 1 aromatic heterocycles. The average Bonchev–Trinajstić information content (AvgIpc) is 2.89. The molecule has 2 heterocycles. The topological polar surface area (TPSA) is 57.7 Å². The maximum atomic E-state index is 12.9. The van der Waals surface area contributed by atoms with Crippen LogP contribution in [0.4, 0.5) is 11.5 Å². The molecule has 1 N–H and O–H groups in total. The fraction of sp³-hybridized carbons (Fsp3) is 0.407. The van der Waals surface area contributed by atoms with Crippen molar-refractivity contribution in [2.24, 2.45) is 0 Å². The van der Waals surface area contributed by atoms with Crippen LogP contribution in [-0.2, 0) is 0 Å². The Hall–Kier alpha value is -3.28. The predicted octanol–water partition coefficient (Wildman–Crippen LogP) is 4.63. The molecule has 2 fully saturated rings. The summed E-state index contributed by atoms with van der Waals surface area (Å²) in [7, 11) is 1.69. The van der Waals surface area contributed by atoms with Gasteiger partial charge in [-0.2, -0.15) is 0 Å². The summed E-state index contributed by atoms with van der Waals surface area (Å²) in [5.74, 6) is 1.87. The second-order valence-electron chi connectivity index (χ2n) is 9.05. The molecule has 33 heavy (non-hydrogen) atoms. The van der Waals surface area contributed by atoms with E-state index < -0.39 is 0 Å². The molecule has 172 valence electrons. The van der Waals surface area contributed by atoms with E-state index >= 15 is 0 Å². The van der Waals surface area contributed by atoms with Crippen LogP contribution in [0.5, 0.6) is 5.75 Å². The van der Waals surface area contributed by atoms with Crippen LogP contribution in [-0.4, -0.2) is 50.2 Å². The first-order valence-corrected chi connectivity index (χ1v) is 12.0. The minimum absolute atomic E-state index is 0.0305. The molecule has 0 radical (unpaired) electrons. The van der Waals surface area contributed by atoms with E-state index in [4.69, 9.17) is 9.72 Å². The van der Waals surface area contributed by atoms with Crippen LogP contribution in [0, 0.1) is 0 Å². The van der Waals surface area contributed by atoms with Gasteiger partial charge in [0.2, 0.25) is 0 Å². The maximum absolute atomic E-state index is 12.9. The fourth-order valence-electron chi connectivity index (χ4n) is 5.03. The van der Waals surface area contributed by atoms with Crippen LogP contribution >= 0.6 is 0 Å². The van der Waals surface area contributed by atoms with Gasteiger partial charge in [-0.3, -0.25) is 4.79 Å². The fourth-order valence-corrected chi connectivity index (χ4v) is 5.03. The van der Waals surface area contributed by atoms with E-state index in [-0.39, 0.29) is 5.91 Å². The van der Waals surface area contributed by atoms with Gasteiger partial charge < -0.3 is 19.9 Å². The molecule has 1 aliphatic heterocycles. The molecule has 1 aliphatic carbocycles. The lowest BCUT2D eigenvalue weighted by Crippen LogP contribution is -2.46. The van der Waals surface area contributed by atoms with Gasteiger partial charge in [-0.1, -0.05) is 25.3 Å². The first-order chi connectivity index (χ1) is 16.2. The lowest BCUT2D eigenvalue weighted by molar-refractivity contribution is 0.0928. The van der Waals surface area contributed by atoms with E-state index in [0.29, 0.717) is 6.04 Å². The number of amides is 1. The van der Waals surface area contributed by atoms with Crippen LogP contribution in [0.2, 0.25) is 0 Å². The molecule has 1 saturated carbocycles. The van der Waals surface area contributed by atoms with Gasteiger partial charge in [0.25, 0.3) is 5.91 Å². The van der Waals surface area contributed by atoms with Crippen molar-refractivity contribution < 1.29 is 9.53 Å². The number of aromatic nitrogens is 1. The molecule has 1 saturated heterocycles. The first-order valence-electron chi connectivity index (χ1n) is 12.0. The van der Waals surface area contributed by atoms with Gasteiger partial charge in [0, 0.05) is 55.1 Å². The van der Waals surface area contributed by atoms with Crippen molar-refractivity contribution in [3.63, 3.8) is 0 Å². The third-order valence-corrected chi connectivity index (χ3v) is 6.96. The summed E-state index contributed by atoms with van der Waals surface area (Å²) in [6.45, 7) is 3.62. The molecule has 0 unspecified atom stereocenters. The molecule has 3 aromatic rings. The normalized spacial score (nSPS) is 17.2. The highest BCUT2D eigenvalue weighted by molar-refractivity contribution is 6.01. The van der Waals surface area contributed by atoms with Crippen molar-refractivity contribution in [2.75, 3.05) is 43.1 Å². The molecular weight excluding hydrogens is 412 g/mol. The quantitative estimate of drug-likeness (QED) is 0.622. The molecule has 0 bridgehead atoms. The van der Waals surface area contributed by atoms with Gasteiger partial charge in [-0.05, 0) is 60.7 Å². The molecule has 5 rings (SSSR count). The zero-order chi connectivity index (χ0) is 22.6. The van der Waals surface area contributed by atoms with Gasteiger partial charge in [0.1, 0.15) is 11.6 Å². The Labute approximate surface area is 195 Å². The molecule has 6 heteroatoms. The van der Waals surface area contributed by atoms with Crippen LogP contribution in [0.3, 0.4) is 0 Å². The summed E-state index contributed by atoms with van der Waals surface area (Å²) in [6, 6.07) is 16.6. The Morgan fingerprint density at radius 1 is 0.939 bits per heavy atom. The third-order valence-electron chi connectivity index (χ3n) is 6.96. The number of pyridine rings is 1. The number of benzene rings is 2.